The highest BCUT2D eigenvalue weighted by atomic mass is 32.2. The zero-order valence-electron chi connectivity index (χ0n) is 9.01. The third-order valence-corrected chi connectivity index (χ3v) is 4.06. The molecule has 0 spiro atoms. The van der Waals surface area contributed by atoms with E-state index >= 15 is 0 Å². The highest BCUT2D eigenvalue weighted by Gasteiger charge is 2.25. The molecule has 1 aliphatic heterocycles. The highest BCUT2D eigenvalue weighted by Crippen LogP contribution is 2.39. The van der Waals surface area contributed by atoms with E-state index in [2.05, 4.69) is 15.3 Å². The number of sulfone groups is 1. The molecule has 86 valence electrons. The molecule has 3 rings (SSSR count). The molecule has 1 N–H and O–H groups in total. The van der Waals surface area contributed by atoms with Crippen LogP contribution >= 0.6 is 0 Å². The van der Waals surface area contributed by atoms with Gasteiger partial charge in [0.15, 0.2) is 0 Å². The van der Waals surface area contributed by atoms with Crippen molar-refractivity contribution in [2.75, 3.05) is 12.4 Å². The fraction of sp³-hybridized carbons (Fsp3) is 0.0909. The summed E-state index contributed by atoms with van der Waals surface area (Å²) in [6.45, 7) is 0. The molecule has 0 aliphatic carbocycles. The van der Waals surface area contributed by atoms with Crippen molar-refractivity contribution in [3.05, 3.63) is 24.4 Å². The molecule has 2 aromatic rings. The van der Waals surface area contributed by atoms with E-state index in [9.17, 15) is 8.42 Å². The summed E-state index contributed by atoms with van der Waals surface area (Å²) in [5, 5.41) is 3.76. The Kier molecular flexibility index (Phi) is 1.97. The molecule has 0 saturated carbocycles. The van der Waals surface area contributed by atoms with E-state index in [1.807, 2.05) is 0 Å². The van der Waals surface area contributed by atoms with E-state index in [1.54, 1.807) is 31.4 Å². The van der Waals surface area contributed by atoms with Crippen molar-refractivity contribution in [3.8, 4) is 0 Å². The summed E-state index contributed by atoms with van der Waals surface area (Å²) in [5.74, 6) is 0. The summed E-state index contributed by atoms with van der Waals surface area (Å²) in [6, 6.07) is 5.04. The van der Waals surface area contributed by atoms with Crippen LogP contribution in [0.5, 0.6) is 0 Å². The number of fused-ring (bicyclic) bond motifs is 3. The maximum absolute atomic E-state index is 11.7. The maximum Gasteiger partial charge on any atom is 0.219 e. The summed E-state index contributed by atoms with van der Waals surface area (Å²) in [7, 11) is -1.59. The minimum absolute atomic E-state index is 0.245. The van der Waals surface area contributed by atoms with Gasteiger partial charge in [-0.3, -0.25) is 4.98 Å². The van der Waals surface area contributed by atoms with Crippen molar-refractivity contribution in [3.63, 3.8) is 0 Å². The number of hydrogen-bond acceptors (Lipinski definition) is 5. The van der Waals surface area contributed by atoms with Crippen LogP contribution in [0.1, 0.15) is 0 Å². The normalized spacial score (nSPS) is 16.1. The number of hydrogen-bond donors (Lipinski definition) is 1. The lowest BCUT2D eigenvalue weighted by molar-refractivity contribution is 0.609. The second kappa shape index (κ2) is 3.27. The molecule has 0 unspecified atom stereocenters. The Morgan fingerprint density at radius 3 is 2.82 bits per heavy atom. The average molecular weight is 247 g/mol. The Morgan fingerprint density at radius 1 is 1.24 bits per heavy atom. The number of nitrogens with zero attached hydrogens (tertiary/aromatic N) is 2. The van der Waals surface area contributed by atoms with Gasteiger partial charge in [-0.1, -0.05) is 0 Å². The number of aliphatic imine (C=N–C) groups is 1. The van der Waals surface area contributed by atoms with Crippen molar-refractivity contribution in [2.45, 2.75) is 4.90 Å². The van der Waals surface area contributed by atoms with Gasteiger partial charge in [-0.15, -0.1) is 0 Å². The zero-order chi connectivity index (χ0) is 12.0. The van der Waals surface area contributed by atoms with Gasteiger partial charge in [-0.2, -0.15) is 0 Å². The quantitative estimate of drug-likeness (QED) is 0.833. The van der Waals surface area contributed by atoms with Crippen LogP contribution in [-0.2, 0) is 9.84 Å². The predicted molar refractivity (Wildman–Crippen MR) is 66.6 cm³/mol. The van der Waals surface area contributed by atoms with E-state index in [1.165, 1.54) is 0 Å². The minimum Gasteiger partial charge on any atom is -0.387 e. The number of nitrogens with one attached hydrogen (secondary N) is 1. The van der Waals surface area contributed by atoms with E-state index in [-0.39, 0.29) is 4.90 Å². The molecule has 0 fully saturated rings. The van der Waals surface area contributed by atoms with Crippen molar-refractivity contribution < 1.29 is 8.42 Å². The third kappa shape index (κ3) is 1.34. The van der Waals surface area contributed by atoms with Crippen LogP contribution < -0.4 is 5.32 Å². The molecule has 1 aliphatic rings. The van der Waals surface area contributed by atoms with Gasteiger partial charge in [-0.05, 0) is 18.2 Å². The fourth-order valence-corrected chi connectivity index (χ4v) is 2.99. The molecule has 2 heterocycles. The lowest BCUT2D eigenvalue weighted by Gasteiger charge is -2.07. The summed E-state index contributed by atoms with van der Waals surface area (Å²) in [5.41, 5.74) is 3.01. The zero-order valence-corrected chi connectivity index (χ0v) is 9.82. The molecule has 6 heteroatoms. The summed E-state index contributed by atoms with van der Waals surface area (Å²) in [4.78, 5) is 8.45. The largest absolute Gasteiger partial charge is 0.387 e. The molecule has 1 aromatic carbocycles. The van der Waals surface area contributed by atoms with E-state index < -0.39 is 9.84 Å². The van der Waals surface area contributed by atoms with Gasteiger partial charge >= 0.3 is 0 Å². The molecule has 1 aromatic heterocycles. The van der Waals surface area contributed by atoms with Gasteiger partial charge in [0.05, 0.1) is 21.5 Å². The van der Waals surface area contributed by atoms with Gasteiger partial charge in [0.2, 0.25) is 9.84 Å². The second-order valence-electron chi connectivity index (χ2n) is 3.69. The summed E-state index contributed by atoms with van der Waals surface area (Å²) in [6.07, 6.45) is 1.67. The van der Waals surface area contributed by atoms with Gasteiger partial charge in [-0.25, -0.2) is 13.4 Å². The van der Waals surface area contributed by atoms with Crippen LogP contribution in [0.2, 0.25) is 0 Å². The number of aromatic nitrogens is 1. The fourth-order valence-electron chi connectivity index (χ4n) is 1.95. The van der Waals surface area contributed by atoms with Crippen molar-refractivity contribution >= 4 is 37.7 Å². The summed E-state index contributed by atoms with van der Waals surface area (Å²) < 4.78 is 23.4. The number of benzene rings is 1. The Morgan fingerprint density at radius 2 is 2.06 bits per heavy atom. The monoisotopic (exact) mass is 247 g/mol. The number of anilines is 1. The molecule has 0 amide bonds. The molecular weight excluding hydrogens is 238 g/mol. The Balaban J connectivity index is 2.52. The molecule has 17 heavy (non-hydrogen) atoms. The third-order valence-electron chi connectivity index (χ3n) is 2.74. The molecule has 0 atom stereocenters. The van der Waals surface area contributed by atoms with Crippen LogP contribution in [0.4, 0.5) is 11.4 Å². The number of rotatable bonds is 1. The Hall–Kier alpha value is -1.95. The molecule has 0 radical (unpaired) electrons. The average Bonchev–Trinajstić information content (AvgIpc) is 2.64. The van der Waals surface area contributed by atoms with Crippen LogP contribution in [-0.4, -0.2) is 26.0 Å². The first-order valence-corrected chi connectivity index (χ1v) is 6.57. The van der Waals surface area contributed by atoms with Crippen molar-refractivity contribution in [1.29, 1.82) is 0 Å². The molecule has 5 nitrogen and oxygen atoms in total. The molecular formula is C11H9N3O2S. The van der Waals surface area contributed by atoms with Crippen LogP contribution in [0, 0.1) is 0 Å². The minimum atomic E-state index is -3.37. The van der Waals surface area contributed by atoms with Gasteiger partial charge in [0.1, 0.15) is 5.55 Å². The molecule has 0 saturated heterocycles. The lowest BCUT2D eigenvalue weighted by Crippen LogP contribution is -1.97. The van der Waals surface area contributed by atoms with Crippen LogP contribution in [0.25, 0.3) is 10.9 Å². The highest BCUT2D eigenvalue weighted by molar-refractivity contribution is 8.05. The van der Waals surface area contributed by atoms with E-state index in [4.69, 9.17) is 0 Å². The molecule has 0 bridgehead atoms. The second-order valence-corrected chi connectivity index (χ2v) is 5.44. The first kappa shape index (κ1) is 10.2. The van der Waals surface area contributed by atoms with Crippen molar-refractivity contribution in [1.82, 2.24) is 4.98 Å². The van der Waals surface area contributed by atoms with Gasteiger partial charge in [0, 0.05) is 18.9 Å². The van der Waals surface area contributed by atoms with Crippen LogP contribution in [0.3, 0.4) is 0 Å². The maximum atomic E-state index is 11.7. The topological polar surface area (TPSA) is 71.4 Å². The van der Waals surface area contributed by atoms with Crippen LogP contribution in [0.15, 0.2) is 34.3 Å². The standard InChI is InChI=1S/C11H9N3O2S/c1-12-7-4-5-13-8-2-3-9-11(10(7)8)14-6-17(9,15)16/h2-6H,1H3,(H,12,13). The van der Waals surface area contributed by atoms with E-state index in [0.717, 1.165) is 22.1 Å². The first-order valence-electron chi connectivity index (χ1n) is 5.02. The Bertz CT molecular complexity index is 751. The van der Waals surface area contributed by atoms with Crippen molar-refractivity contribution in [2.24, 2.45) is 4.99 Å². The Labute approximate surface area is 98.1 Å². The lowest BCUT2D eigenvalue weighted by atomic mass is 10.1. The van der Waals surface area contributed by atoms with Gasteiger partial charge < -0.3 is 5.32 Å². The SMILES string of the molecule is CNc1ccnc2ccc3c(c12)N=CS3(=O)=O. The van der Waals surface area contributed by atoms with Gasteiger partial charge in [0.25, 0.3) is 0 Å². The first-order chi connectivity index (χ1) is 8.13. The number of pyridine rings is 1. The predicted octanol–water partition coefficient (Wildman–Crippen LogP) is 1.72. The van der Waals surface area contributed by atoms with E-state index in [0.29, 0.717) is 5.69 Å². The summed E-state index contributed by atoms with van der Waals surface area (Å²) >= 11 is 0. The smallest absolute Gasteiger partial charge is 0.219 e.